The van der Waals surface area contributed by atoms with Crippen LogP contribution < -0.4 is 5.32 Å². The van der Waals surface area contributed by atoms with Crippen molar-refractivity contribution in [3.63, 3.8) is 0 Å². The van der Waals surface area contributed by atoms with Gasteiger partial charge in [0, 0.05) is 0 Å². The van der Waals surface area contributed by atoms with Crippen LogP contribution in [0.25, 0.3) is 0 Å². The van der Waals surface area contributed by atoms with Crippen LogP contribution in [-0.4, -0.2) is 19.9 Å². The van der Waals surface area contributed by atoms with Gasteiger partial charge in [-0.15, -0.1) is 0 Å². The van der Waals surface area contributed by atoms with Crippen molar-refractivity contribution in [2.45, 2.75) is 52.4 Å². The lowest BCUT2D eigenvalue weighted by Crippen LogP contribution is -2.16. The third-order valence-corrected chi connectivity index (χ3v) is 1.91. The summed E-state index contributed by atoms with van der Waals surface area (Å²) in [5.41, 5.74) is 0. The molecule has 80 valence electrons. The molecule has 0 aliphatic heterocycles. The zero-order valence-corrected chi connectivity index (χ0v) is 9.27. The molecule has 0 aliphatic rings. The van der Waals surface area contributed by atoms with Crippen molar-refractivity contribution in [2.75, 3.05) is 13.1 Å². The van der Waals surface area contributed by atoms with Gasteiger partial charge in [0.2, 0.25) is 0 Å². The lowest BCUT2D eigenvalue weighted by Gasteiger charge is -2.02. The molecule has 0 aromatic carbocycles. The average Bonchev–Trinajstić information content (AvgIpc) is 2.20. The third-order valence-electron chi connectivity index (χ3n) is 1.91. The maximum Gasteiger partial charge on any atom is 0.106 e. The van der Waals surface area contributed by atoms with E-state index in [0.717, 1.165) is 0 Å². The van der Waals surface area contributed by atoms with E-state index in [2.05, 4.69) is 19.2 Å². The lowest BCUT2D eigenvalue weighted by atomic mass is 10.2. The molecule has 0 heterocycles. The molecule has 0 aromatic heterocycles. The SMILES string of the molecule is C=O.CCCCCNCCCCC. The van der Waals surface area contributed by atoms with Gasteiger partial charge in [0.05, 0.1) is 0 Å². The summed E-state index contributed by atoms with van der Waals surface area (Å²) in [7, 11) is 0. The molecule has 0 saturated heterocycles. The summed E-state index contributed by atoms with van der Waals surface area (Å²) in [6.45, 7) is 8.93. The second-order valence-corrected chi connectivity index (χ2v) is 3.16. The molecule has 13 heavy (non-hydrogen) atoms. The van der Waals surface area contributed by atoms with E-state index in [9.17, 15) is 0 Å². The number of unbranched alkanes of at least 4 members (excludes halogenated alkanes) is 4. The molecule has 0 bridgehead atoms. The molecule has 0 aromatic rings. The normalized spacial score (nSPS) is 9.08. The first-order valence-corrected chi connectivity index (χ1v) is 5.41. The standard InChI is InChI=1S/C10H23N.CH2O/c1-3-5-7-9-11-10-8-6-4-2;1-2/h11H,3-10H2,1-2H3;1H2. The predicted octanol–water partition coefficient (Wildman–Crippen LogP) is 2.77. The molecule has 0 fully saturated rings. The number of rotatable bonds is 8. The van der Waals surface area contributed by atoms with E-state index in [1.165, 1.54) is 51.6 Å². The smallest absolute Gasteiger partial charge is 0.106 e. The van der Waals surface area contributed by atoms with E-state index >= 15 is 0 Å². The number of nitrogens with one attached hydrogen (secondary N) is 1. The van der Waals surface area contributed by atoms with Crippen LogP contribution in [0.4, 0.5) is 0 Å². The minimum absolute atomic E-state index is 1.22. The van der Waals surface area contributed by atoms with Gasteiger partial charge >= 0.3 is 0 Å². The Hall–Kier alpha value is -0.370. The molecule has 0 spiro atoms. The van der Waals surface area contributed by atoms with Crippen LogP contribution in [0.2, 0.25) is 0 Å². The van der Waals surface area contributed by atoms with E-state index in [-0.39, 0.29) is 0 Å². The Bertz CT molecular complexity index is 68.5. The van der Waals surface area contributed by atoms with Crippen molar-refractivity contribution in [3.8, 4) is 0 Å². The number of carbonyl (C=O) groups is 1. The minimum Gasteiger partial charge on any atom is -0.317 e. The summed E-state index contributed by atoms with van der Waals surface area (Å²) >= 11 is 0. The second-order valence-electron chi connectivity index (χ2n) is 3.16. The van der Waals surface area contributed by atoms with E-state index in [1.807, 2.05) is 6.79 Å². The van der Waals surface area contributed by atoms with Crippen LogP contribution in [0.5, 0.6) is 0 Å². The van der Waals surface area contributed by atoms with Crippen molar-refractivity contribution < 1.29 is 4.79 Å². The number of hydrogen-bond acceptors (Lipinski definition) is 2. The molecule has 0 aliphatic carbocycles. The predicted molar refractivity (Wildman–Crippen MR) is 59.0 cm³/mol. The van der Waals surface area contributed by atoms with Crippen molar-refractivity contribution in [3.05, 3.63) is 0 Å². The highest BCUT2D eigenvalue weighted by Crippen LogP contribution is 1.93. The Balaban J connectivity index is 0. The van der Waals surface area contributed by atoms with Gasteiger partial charge in [-0.05, 0) is 25.9 Å². The molecular weight excluding hydrogens is 162 g/mol. The number of carbonyl (C=O) groups excluding carboxylic acids is 1. The summed E-state index contributed by atoms with van der Waals surface area (Å²) in [5, 5.41) is 3.46. The molecular formula is C11H25NO. The summed E-state index contributed by atoms with van der Waals surface area (Å²) in [6.07, 6.45) is 8.11. The quantitative estimate of drug-likeness (QED) is 0.592. The van der Waals surface area contributed by atoms with E-state index in [4.69, 9.17) is 4.79 Å². The molecule has 0 unspecified atom stereocenters. The minimum atomic E-state index is 1.22. The summed E-state index contributed by atoms with van der Waals surface area (Å²) in [4.78, 5) is 8.00. The first kappa shape index (κ1) is 15.1. The molecule has 0 atom stereocenters. The molecule has 0 radical (unpaired) electrons. The van der Waals surface area contributed by atoms with Crippen molar-refractivity contribution in [1.82, 2.24) is 5.32 Å². The van der Waals surface area contributed by atoms with Crippen LogP contribution in [0, 0.1) is 0 Å². The fourth-order valence-corrected chi connectivity index (χ4v) is 1.12. The summed E-state index contributed by atoms with van der Waals surface area (Å²) in [5.74, 6) is 0. The van der Waals surface area contributed by atoms with Gasteiger partial charge in [-0.25, -0.2) is 0 Å². The first-order valence-electron chi connectivity index (χ1n) is 5.41. The zero-order chi connectivity index (χ0) is 10.4. The summed E-state index contributed by atoms with van der Waals surface area (Å²) < 4.78 is 0. The Morgan fingerprint density at radius 1 is 0.846 bits per heavy atom. The van der Waals surface area contributed by atoms with Crippen molar-refractivity contribution in [2.24, 2.45) is 0 Å². The molecule has 0 amide bonds. The largest absolute Gasteiger partial charge is 0.317 e. The summed E-state index contributed by atoms with van der Waals surface area (Å²) in [6, 6.07) is 0. The van der Waals surface area contributed by atoms with Gasteiger partial charge in [0.15, 0.2) is 0 Å². The third kappa shape index (κ3) is 18.5. The van der Waals surface area contributed by atoms with Gasteiger partial charge in [-0.2, -0.15) is 0 Å². The van der Waals surface area contributed by atoms with E-state index < -0.39 is 0 Å². The van der Waals surface area contributed by atoms with Crippen LogP contribution >= 0.6 is 0 Å². The van der Waals surface area contributed by atoms with Crippen molar-refractivity contribution >= 4 is 6.79 Å². The Morgan fingerprint density at radius 2 is 1.23 bits per heavy atom. The highest BCUT2D eigenvalue weighted by atomic mass is 16.1. The van der Waals surface area contributed by atoms with Crippen LogP contribution in [0.3, 0.4) is 0 Å². The van der Waals surface area contributed by atoms with Crippen LogP contribution in [0.1, 0.15) is 52.4 Å². The van der Waals surface area contributed by atoms with Crippen LogP contribution in [-0.2, 0) is 4.79 Å². The average molecular weight is 187 g/mol. The first-order chi connectivity index (χ1) is 6.41. The fraction of sp³-hybridized carbons (Fsp3) is 0.909. The van der Waals surface area contributed by atoms with Gasteiger partial charge in [-0.3, -0.25) is 0 Å². The van der Waals surface area contributed by atoms with Crippen LogP contribution in [0.15, 0.2) is 0 Å². The molecule has 2 heteroatoms. The Kier molecular flexibility index (Phi) is 20.5. The zero-order valence-electron chi connectivity index (χ0n) is 9.27. The molecule has 0 saturated carbocycles. The van der Waals surface area contributed by atoms with Gasteiger partial charge in [0.25, 0.3) is 0 Å². The maximum atomic E-state index is 8.00. The molecule has 1 N–H and O–H groups in total. The van der Waals surface area contributed by atoms with Crippen molar-refractivity contribution in [1.29, 1.82) is 0 Å². The topological polar surface area (TPSA) is 29.1 Å². The monoisotopic (exact) mass is 187 g/mol. The Labute approximate surface area is 83.1 Å². The number of hydrogen-bond donors (Lipinski definition) is 1. The van der Waals surface area contributed by atoms with Gasteiger partial charge < -0.3 is 10.1 Å². The lowest BCUT2D eigenvalue weighted by molar-refractivity contribution is -0.0979. The van der Waals surface area contributed by atoms with E-state index in [0.29, 0.717) is 0 Å². The van der Waals surface area contributed by atoms with Gasteiger partial charge in [0.1, 0.15) is 6.79 Å². The maximum absolute atomic E-state index is 8.00. The highest BCUT2D eigenvalue weighted by Gasteiger charge is 1.86. The molecule has 2 nitrogen and oxygen atoms in total. The molecule has 0 rings (SSSR count). The van der Waals surface area contributed by atoms with E-state index in [1.54, 1.807) is 0 Å². The van der Waals surface area contributed by atoms with Gasteiger partial charge in [-0.1, -0.05) is 39.5 Å². The highest BCUT2D eigenvalue weighted by molar-refractivity contribution is 5.10. The second kappa shape index (κ2) is 17.6. The fourth-order valence-electron chi connectivity index (χ4n) is 1.12. The Morgan fingerprint density at radius 3 is 1.54 bits per heavy atom.